The molecule has 1 aliphatic rings. The molecule has 10 nitrogen and oxygen atoms in total. The summed E-state index contributed by atoms with van der Waals surface area (Å²) in [4.78, 5) is 0. The summed E-state index contributed by atoms with van der Waals surface area (Å²) in [6, 6.07) is 16.4. The smallest absolute Gasteiger partial charge is 1.00 e. The van der Waals surface area contributed by atoms with Crippen molar-refractivity contribution < 1.29 is 49.9 Å². The Hall–Kier alpha value is -0.709. The third-order valence-electron chi connectivity index (χ3n) is 9.87. The molecule has 6 aromatic rings. The van der Waals surface area contributed by atoms with Crippen LogP contribution in [-0.4, -0.2) is 93.1 Å². The first-order valence-corrected chi connectivity index (χ1v) is 35.8. The van der Waals surface area contributed by atoms with Crippen LogP contribution in [-0.2, 0) is 32.4 Å². The molecule has 3 aromatic heterocycles. The molecule has 0 amide bonds. The molecule has 1 fully saturated rings. The van der Waals surface area contributed by atoms with Crippen LogP contribution in [0.25, 0.3) is 32.7 Å². The van der Waals surface area contributed by atoms with Gasteiger partial charge in [-0.3, -0.25) is 5.10 Å². The molecular weight excluding hydrogens is 1080 g/mol. The average molecular weight is 1160 g/mol. The number of alkyl halides is 1. The van der Waals surface area contributed by atoms with E-state index >= 15 is 0 Å². The maximum atomic E-state index is 5.77. The van der Waals surface area contributed by atoms with Gasteiger partial charge in [0.2, 0.25) is 0 Å². The Kier molecular flexibility index (Phi) is 27.2. The Balaban J connectivity index is 0.000000428. The predicted octanol–water partition coefficient (Wildman–Crippen LogP) is 11.9. The zero-order chi connectivity index (χ0) is 46.8. The molecule has 1 N–H and O–H groups in total. The van der Waals surface area contributed by atoms with Gasteiger partial charge in [-0.25, -0.2) is 9.36 Å². The fourth-order valence-corrected chi connectivity index (χ4v) is 9.53. The number of aromatic nitrogens is 6. The Bertz CT molecular complexity index is 2270. The number of H-pyrrole nitrogens is 1. The molecule has 3 aromatic carbocycles. The number of aromatic amines is 1. The summed E-state index contributed by atoms with van der Waals surface area (Å²) in [6.45, 7) is 32.9. The molecule has 1 saturated heterocycles. The van der Waals surface area contributed by atoms with Gasteiger partial charge in [-0.05, 0) is 116 Å². The fraction of sp³-hybridized carbons (Fsp3) is 0.543. The van der Waals surface area contributed by atoms with Gasteiger partial charge in [0.05, 0.1) is 23.4 Å². The van der Waals surface area contributed by atoms with Gasteiger partial charge in [-0.2, -0.15) is 15.3 Å². The van der Waals surface area contributed by atoms with E-state index in [1.165, 1.54) is 47.7 Å². The van der Waals surface area contributed by atoms with Crippen LogP contribution in [0.4, 0.5) is 0 Å². The number of fused-ring (bicyclic) bond motifs is 3. The van der Waals surface area contributed by atoms with Crippen LogP contribution >= 0.6 is 59.4 Å². The van der Waals surface area contributed by atoms with Crippen molar-refractivity contribution in [3.05, 3.63) is 85.1 Å². The number of ether oxygens (including phenoxy) is 4. The summed E-state index contributed by atoms with van der Waals surface area (Å²) in [7, 11) is -2.90. The first kappa shape index (κ1) is 59.4. The molecule has 0 aliphatic carbocycles. The fourth-order valence-electron chi connectivity index (χ4n) is 5.70. The monoisotopic (exact) mass is 1150 g/mol. The van der Waals surface area contributed by atoms with Gasteiger partial charge in [0.1, 0.15) is 25.0 Å². The first-order valence-electron chi connectivity index (χ1n) is 21.8. The third kappa shape index (κ3) is 22.1. The molecule has 0 atom stereocenters. The van der Waals surface area contributed by atoms with Crippen molar-refractivity contribution >= 4 is 116 Å². The van der Waals surface area contributed by atoms with Gasteiger partial charge < -0.3 is 20.4 Å². The van der Waals surface area contributed by atoms with E-state index in [0.717, 1.165) is 79.2 Å². The van der Waals surface area contributed by atoms with Crippen LogP contribution in [0.5, 0.6) is 0 Å². The molecule has 18 heteroatoms. The van der Waals surface area contributed by atoms with E-state index in [1.54, 1.807) is 0 Å². The molecule has 4 heterocycles. The second-order valence-electron chi connectivity index (χ2n) is 19.5. The summed E-state index contributed by atoms with van der Waals surface area (Å²) >= 11 is 16.0. The van der Waals surface area contributed by atoms with Crippen LogP contribution < -0.4 is 29.6 Å². The maximum absolute atomic E-state index is 5.77. The van der Waals surface area contributed by atoms with Crippen LogP contribution in [0.2, 0.25) is 77.1 Å². The minimum absolute atomic E-state index is 0. The Labute approximate surface area is 440 Å². The quantitative estimate of drug-likeness (QED) is 0.0659. The number of nitrogens with one attached hydrogen (secondary N) is 1. The Morgan fingerprint density at radius 2 is 1.17 bits per heavy atom. The molecule has 1 aliphatic heterocycles. The van der Waals surface area contributed by atoms with Crippen molar-refractivity contribution in [2.24, 2.45) is 0 Å². The van der Waals surface area contributed by atoms with E-state index in [9.17, 15) is 0 Å². The second-order valence-corrected chi connectivity index (χ2v) is 38.9. The first-order chi connectivity index (χ1) is 29.6. The standard InChI is InChI=1S/2C14H21BrN2OSi.C8H7BrN2.C6H15ClOSi.C4H8O.Na.H/c1-11-5-6-12-9-17(16-14(12)13(11)15)10-18-7-8-19(2,3)4;1-11-5-6-12-9-16-17(14(12)13(11)15)10-18-7-8-19(2,3)4;1-5-2-3-6-4-10-11-8(6)7(5)9;1-9(2,3)5-4-8-6-7;1-2-4-5-3-1;;/h2*5-6,9H,7-8,10H2,1-4H3;2-4H,1H3,(H,10,11);4-6H2,1-3H3;1-4H2;;/q;;;;;+1;-1. The van der Waals surface area contributed by atoms with Crippen LogP contribution in [0, 0.1) is 20.8 Å². The number of benzene rings is 3. The van der Waals surface area contributed by atoms with Crippen molar-refractivity contribution in [3.8, 4) is 0 Å². The Morgan fingerprint density at radius 1 is 0.672 bits per heavy atom. The van der Waals surface area contributed by atoms with Gasteiger partial charge >= 0.3 is 29.6 Å². The van der Waals surface area contributed by atoms with Crippen LogP contribution in [0.15, 0.2) is 68.4 Å². The van der Waals surface area contributed by atoms with Gasteiger partial charge in [0.25, 0.3) is 0 Å². The van der Waals surface area contributed by atoms with Crippen molar-refractivity contribution in [2.45, 2.75) is 124 Å². The third-order valence-corrected chi connectivity index (χ3v) is 18.2. The zero-order valence-corrected chi connectivity index (χ0v) is 51.3. The summed E-state index contributed by atoms with van der Waals surface area (Å²) in [5.74, 6) is 0. The molecule has 0 bridgehead atoms. The summed E-state index contributed by atoms with van der Waals surface area (Å²) in [6.07, 6.45) is 8.30. The predicted molar refractivity (Wildman–Crippen MR) is 287 cm³/mol. The van der Waals surface area contributed by atoms with Crippen LogP contribution in [0.3, 0.4) is 0 Å². The molecule has 0 saturated carbocycles. The molecule has 7 rings (SSSR count). The van der Waals surface area contributed by atoms with Crippen LogP contribution in [0.1, 0.15) is 31.0 Å². The normalized spacial score (nSPS) is 12.7. The maximum Gasteiger partial charge on any atom is 1.00 e. The topological polar surface area (TPSA) is 101 Å². The molecule has 352 valence electrons. The van der Waals surface area contributed by atoms with Crippen molar-refractivity contribution in [1.82, 2.24) is 29.8 Å². The van der Waals surface area contributed by atoms with Crippen molar-refractivity contribution in [2.75, 3.05) is 39.1 Å². The molecule has 0 spiro atoms. The van der Waals surface area contributed by atoms with E-state index in [0.29, 0.717) is 19.5 Å². The number of rotatable bonds is 14. The summed E-state index contributed by atoms with van der Waals surface area (Å²) in [5.41, 5.74) is 6.85. The largest absolute Gasteiger partial charge is 1.00 e. The number of hydrogen-bond acceptors (Lipinski definition) is 7. The molecule has 0 radical (unpaired) electrons. The van der Waals surface area contributed by atoms with E-state index in [2.05, 4.69) is 184 Å². The minimum Gasteiger partial charge on any atom is -1.00 e. The van der Waals surface area contributed by atoms with Gasteiger partial charge in [-0.15, -0.1) is 0 Å². The number of halogens is 4. The summed E-state index contributed by atoms with van der Waals surface area (Å²) in [5, 5.41) is 19.3. The zero-order valence-electron chi connectivity index (χ0n) is 41.8. The number of nitrogens with zero attached hydrogens (tertiary/aromatic N) is 5. The SMILES string of the molecule is C1CCOC1.C[Si](C)(C)CCOCCl.Cc1ccc2cn(COCC[Si](C)(C)C)nc2c1Br.Cc1ccc2cn[nH]c2c1Br.Cc1ccc2cnn(COCC[Si](C)(C)C)c2c1Br.[H-].[Na+]. The van der Waals surface area contributed by atoms with E-state index in [-0.39, 0.29) is 31.0 Å². The summed E-state index contributed by atoms with van der Waals surface area (Å²) < 4.78 is 28.5. The molecule has 0 unspecified atom stereocenters. The van der Waals surface area contributed by atoms with E-state index in [1.807, 2.05) is 28.0 Å². The number of hydrogen-bond donors (Lipinski definition) is 1. The van der Waals surface area contributed by atoms with Crippen molar-refractivity contribution in [1.29, 1.82) is 0 Å². The molecular formula is C46H73Br3ClN6NaO4Si3. The Morgan fingerprint density at radius 3 is 1.70 bits per heavy atom. The van der Waals surface area contributed by atoms with E-state index < -0.39 is 24.2 Å². The molecule has 64 heavy (non-hydrogen) atoms. The van der Waals surface area contributed by atoms with Crippen molar-refractivity contribution in [3.63, 3.8) is 0 Å². The van der Waals surface area contributed by atoms with Gasteiger partial charge in [0.15, 0.2) is 0 Å². The minimum atomic E-state index is -1.02. The number of aryl methyl sites for hydroxylation is 3. The average Bonchev–Trinajstić information content (AvgIpc) is 4.05. The van der Waals surface area contributed by atoms with Gasteiger partial charge in [-0.1, -0.05) is 107 Å². The van der Waals surface area contributed by atoms with Gasteiger partial charge in [0, 0.05) is 93.0 Å². The second kappa shape index (κ2) is 29.3. The van der Waals surface area contributed by atoms with E-state index in [4.69, 9.17) is 30.5 Å².